The molecule has 0 fully saturated rings. The number of rotatable bonds is 6. The minimum atomic E-state index is -0.430. The van der Waals surface area contributed by atoms with E-state index in [1.165, 1.54) is 7.11 Å². The number of nitrogens with zero attached hydrogens (tertiary/aromatic N) is 3. The van der Waals surface area contributed by atoms with Crippen molar-refractivity contribution in [2.24, 2.45) is 0 Å². The summed E-state index contributed by atoms with van der Waals surface area (Å²) >= 11 is 0. The molecule has 0 aliphatic heterocycles. The van der Waals surface area contributed by atoms with E-state index in [0.29, 0.717) is 34.9 Å². The fraction of sp³-hybridized carbons (Fsp3) is 0.318. The zero-order valence-electron chi connectivity index (χ0n) is 18.2. The summed E-state index contributed by atoms with van der Waals surface area (Å²) in [5.41, 5.74) is 4.54. The third-order valence-electron chi connectivity index (χ3n) is 5.22. The SMILES string of the molecule is COC(=O)c1ccc(NC(=O)CCc2c(C)nn(-c3nc(C)c(C)c(=O)[nH]3)c2C)cc1. The highest BCUT2D eigenvalue weighted by Gasteiger charge is 2.16. The molecule has 0 aliphatic rings. The summed E-state index contributed by atoms with van der Waals surface area (Å²) in [4.78, 5) is 43.1. The number of aryl methyl sites for hydroxylation is 2. The van der Waals surface area contributed by atoms with E-state index in [4.69, 9.17) is 0 Å². The first-order valence-corrected chi connectivity index (χ1v) is 9.82. The Morgan fingerprint density at radius 2 is 1.77 bits per heavy atom. The van der Waals surface area contributed by atoms with Gasteiger partial charge in [-0.2, -0.15) is 5.10 Å². The van der Waals surface area contributed by atoms with E-state index < -0.39 is 5.97 Å². The van der Waals surface area contributed by atoms with Crippen LogP contribution in [-0.4, -0.2) is 38.7 Å². The van der Waals surface area contributed by atoms with Gasteiger partial charge in [-0.15, -0.1) is 0 Å². The van der Waals surface area contributed by atoms with Crippen LogP contribution in [-0.2, 0) is 16.0 Å². The summed E-state index contributed by atoms with van der Waals surface area (Å²) in [5, 5.41) is 7.31. The average Bonchev–Trinajstić information content (AvgIpc) is 3.03. The predicted molar refractivity (Wildman–Crippen MR) is 116 cm³/mol. The number of aromatic nitrogens is 4. The Kier molecular flexibility index (Phi) is 6.33. The van der Waals surface area contributed by atoms with E-state index in [0.717, 1.165) is 17.0 Å². The van der Waals surface area contributed by atoms with Crippen LogP contribution in [0.1, 0.15) is 45.0 Å². The molecule has 0 bridgehead atoms. The first-order chi connectivity index (χ1) is 14.7. The summed E-state index contributed by atoms with van der Waals surface area (Å²) in [7, 11) is 1.32. The number of aromatic amines is 1. The maximum atomic E-state index is 12.4. The number of carbonyl (C=O) groups excluding carboxylic acids is 2. The fourth-order valence-corrected chi connectivity index (χ4v) is 3.24. The van der Waals surface area contributed by atoms with Crippen LogP contribution in [0.3, 0.4) is 0 Å². The smallest absolute Gasteiger partial charge is 0.337 e. The van der Waals surface area contributed by atoms with Crippen LogP contribution in [0.15, 0.2) is 29.1 Å². The maximum absolute atomic E-state index is 12.4. The van der Waals surface area contributed by atoms with Crippen LogP contribution >= 0.6 is 0 Å². The van der Waals surface area contributed by atoms with Gasteiger partial charge < -0.3 is 10.1 Å². The van der Waals surface area contributed by atoms with Gasteiger partial charge in [0.2, 0.25) is 11.9 Å². The number of hydrogen-bond acceptors (Lipinski definition) is 6. The average molecular weight is 423 g/mol. The van der Waals surface area contributed by atoms with Crippen molar-refractivity contribution in [1.82, 2.24) is 19.7 Å². The van der Waals surface area contributed by atoms with E-state index in [9.17, 15) is 14.4 Å². The molecule has 9 nitrogen and oxygen atoms in total. The molecule has 0 aliphatic carbocycles. The van der Waals surface area contributed by atoms with Gasteiger partial charge in [0, 0.05) is 29.1 Å². The van der Waals surface area contributed by atoms with Gasteiger partial charge in [0.05, 0.1) is 18.4 Å². The Morgan fingerprint density at radius 3 is 2.39 bits per heavy atom. The highest BCUT2D eigenvalue weighted by Crippen LogP contribution is 2.18. The second kappa shape index (κ2) is 8.95. The number of carbonyl (C=O) groups is 2. The van der Waals surface area contributed by atoms with Crippen molar-refractivity contribution in [3.05, 3.63) is 68.4 Å². The molecular formula is C22H25N5O4. The van der Waals surface area contributed by atoms with Gasteiger partial charge in [0.15, 0.2) is 0 Å². The molecule has 0 radical (unpaired) electrons. The summed E-state index contributed by atoms with van der Waals surface area (Å²) < 4.78 is 6.26. The van der Waals surface area contributed by atoms with Crippen molar-refractivity contribution in [2.45, 2.75) is 40.5 Å². The molecular weight excluding hydrogens is 398 g/mol. The summed E-state index contributed by atoms with van der Waals surface area (Å²) in [6, 6.07) is 6.50. The Labute approximate surface area is 179 Å². The maximum Gasteiger partial charge on any atom is 0.337 e. The van der Waals surface area contributed by atoms with Crippen LogP contribution < -0.4 is 10.9 Å². The number of methoxy groups -OCH3 is 1. The quantitative estimate of drug-likeness (QED) is 0.588. The molecule has 0 saturated carbocycles. The number of anilines is 1. The van der Waals surface area contributed by atoms with Crippen molar-refractivity contribution in [3.8, 4) is 5.95 Å². The molecule has 0 spiro atoms. The number of ether oxygens (including phenoxy) is 1. The van der Waals surface area contributed by atoms with Crippen molar-refractivity contribution in [3.63, 3.8) is 0 Å². The van der Waals surface area contributed by atoms with E-state index >= 15 is 0 Å². The second-order valence-corrected chi connectivity index (χ2v) is 7.28. The Balaban J connectivity index is 1.70. The van der Waals surface area contributed by atoms with Crippen LogP contribution in [0, 0.1) is 27.7 Å². The molecule has 162 valence electrons. The van der Waals surface area contributed by atoms with E-state index in [2.05, 4.69) is 25.1 Å². The standard InChI is InChI=1S/C22H25N5O4/c1-12-13(2)23-22(25-20(12)29)27-15(4)18(14(3)26-27)10-11-19(28)24-17-8-6-16(7-9-17)21(30)31-5/h6-9H,10-11H2,1-5H3,(H,24,28)(H,23,25,29). The Bertz CT molecular complexity index is 1190. The number of nitrogens with one attached hydrogen (secondary N) is 2. The molecule has 2 N–H and O–H groups in total. The molecule has 1 amide bonds. The molecule has 31 heavy (non-hydrogen) atoms. The number of H-pyrrole nitrogens is 1. The van der Waals surface area contributed by atoms with E-state index in [1.54, 1.807) is 42.8 Å². The zero-order valence-corrected chi connectivity index (χ0v) is 18.2. The van der Waals surface area contributed by atoms with E-state index in [-0.39, 0.29) is 17.9 Å². The number of benzene rings is 1. The predicted octanol–water partition coefficient (Wildman–Crippen LogP) is 2.55. The summed E-state index contributed by atoms with van der Waals surface area (Å²) in [6.07, 6.45) is 0.738. The number of esters is 1. The fourth-order valence-electron chi connectivity index (χ4n) is 3.24. The second-order valence-electron chi connectivity index (χ2n) is 7.28. The van der Waals surface area contributed by atoms with Crippen LogP contribution in [0.5, 0.6) is 0 Å². The van der Waals surface area contributed by atoms with Crippen molar-refractivity contribution in [2.75, 3.05) is 12.4 Å². The largest absolute Gasteiger partial charge is 0.465 e. The van der Waals surface area contributed by atoms with Crippen molar-refractivity contribution < 1.29 is 14.3 Å². The third-order valence-corrected chi connectivity index (χ3v) is 5.22. The monoisotopic (exact) mass is 423 g/mol. The van der Waals surface area contributed by atoms with Gasteiger partial charge in [-0.25, -0.2) is 14.5 Å². The van der Waals surface area contributed by atoms with Gasteiger partial charge in [-0.05, 0) is 63.9 Å². The molecule has 2 heterocycles. The molecule has 2 aromatic heterocycles. The third kappa shape index (κ3) is 4.71. The van der Waals surface area contributed by atoms with Gasteiger partial charge in [0.1, 0.15) is 0 Å². The lowest BCUT2D eigenvalue weighted by Crippen LogP contribution is -2.18. The molecule has 0 unspecified atom stereocenters. The normalized spacial score (nSPS) is 10.7. The minimum absolute atomic E-state index is 0.157. The van der Waals surface area contributed by atoms with Crippen LogP contribution in [0.2, 0.25) is 0 Å². The summed E-state index contributed by atoms with van der Waals surface area (Å²) in [5.74, 6) is -0.231. The van der Waals surface area contributed by atoms with Crippen LogP contribution in [0.4, 0.5) is 5.69 Å². The first-order valence-electron chi connectivity index (χ1n) is 9.82. The molecule has 1 aromatic carbocycles. The number of amides is 1. The van der Waals surface area contributed by atoms with Gasteiger partial charge >= 0.3 is 5.97 Å². The molecule has 3 aromatic rings. The highest BCUT2D eigenvalue weighted by molar-refractivity contribution is 5.93. The van der Waals surface area contributed by atoms with Gasteiger partial charge in [0.25, 0.3) is 5.56 Å². The molecule has 0 atom stereocenters. The molecule has 9 heteroatoms. The first kappa shape index (κ1) is 21.9. The zero-order chi connectivity index (χ0) is 22.7. The highest BCUT2D eigenvalue weighted by atomic mass is 16.5. The summed E-state index contributed by atoms with van der Waals surface area (Å²) in [6.45, 7) is 7.25. The van der Waals surface area contributed by atoms with E-state index in [1.807, 2.05) is 13.8 Å². The van der Waals surface area contributed by atoms with Crippen molar-refractivity contribution in [1.29, 1.82) is 0 Å². The Hall–Kier alpha value is -3.75. The van der Waals surface area contributed by atoms with Gasteiger partial charge in [-0.1, -0.05) is 0 Å². The topological polar surface area (TPSA) is 119 Å². The van der Waals surface area contributed by atoms with Gasteiger partial charge in [-0.3, -0.25) is 14.6 Å². The van der Waals surface area contributed by atoms with Crippen molar-refractivity contribution >= 4 is 17.6 Å². The van der Waals surface area contributed by atoms with Crippen LogP contribution in [0.25, 0.3) is 5.95 Å². The lowest BCUT2D eigenvalue weighted by atomic mass is 10.1. The molecule has 0 saturated heterocycles. The lowest BCUT2D eigenvalue weighted by molar-refractivity contribution is -0.116. The lowest BCUT2D eigenvalue weighted by Gasteiger charge is -2.08. The molecule has 3 rings (SSSR count). The Morgan fingerprint density at radius 1 is 1.10 bits per heavy atom. The number of hydrogen-bond donors (Lipinski definition) is 2. The minimum Gasteiger partial charge on any atom is -0.465 e.